The minimum atomic E-state index is 0.764. The molecule has 1 saturated carbocycles. The molecule has 0 heteroatoms. The van der Waals surface area contributed by atoms with Crippen molar-refractivity contribution < 1.29 is 0 Å². The highest BCUT2D eigenvalue weighted by Crippen LogP contribution is 2.49. The van der Waals surface area contributed by atoms with E-state index in [1.165, 1.54) is 173 Å². The number of unbranched alkanes of at least 4 members (excludes halogenated alkanes) is 4. The molecule has 1 aliphatic rings. The zero-order valence-corrected chi connectivity index (χ0v) is 55.4. The molecule has 0 spiro atoms. The van der Waals surface area contributed by atoms with Crippen LogP contribution in [0.3, 0.4) is 0 Å². The van der Waals surface area contributed by atoms with Gasteiger partial charge in [-0.25, -0.2) is 0 Å². The van der Waals surface area contributed by atoms with Gasteiger partial charge >= 0.3 is 0 Å². The van der Waals surface area contributed by atoms with Crippen LogP contribution in [0.1, 0.15) is 333 Å². The molecule has 0 bridgehead atoms. The quantitative estimate of drug-likeness (QED) is 0.0533. The van der Waals surface area contributed by atoms with E-state index in [-0.39, 0.29) is 0 Å². The van der Waals surface area contributed by atoms with Gasteiger partial charge in [0.15, 0.2) is 0 Å². The monoisotopic (exact) mass is 1020 g/mol. The van der Waals surface area contributed by atoms with E-state index in [1.807, 2.05) is 0 Å². The Bertz CT molecular complexity index is 1250. The fourth-order valence-corrected chi connectivity index (χ4v) is 15.9. The van der Waals surface area contributed by atoms with E-state index >= 15 is 0 Å². The van der Waals surface area contributed by atoms with Crippen LogP contribution in [-0.2, 0) is 0 Å². The molecule has 0 saturated heterocycles. The van der Waals surface area contributed by atoms with E-state index < -0.39 is 0 Å². The zero-order chi connectivity index (χ0) is 55.4. The van der Waals surface area contributed by atoms with Crippen molar-refractivity contribution in [2.24, 2.45) is 136 Å². The van der Waals surface area contributed by atoms with E-state index in [0.29, 0.717) is 0 Å². The predicted molar refractivity (Wildman–Crippen MR) is 335 cm³/mol. The molecular formula is C73H146. The third-order valence-electron chi connectivity index (χ3n) is 22.1. The second-order valence-corrected chi connectivity index (χ2v) is 30.7. The predicted octanol–water partition coefficient (Wildman–Crippen LogP) is 25.2. The van der Waals surface area contributed by atoms with E-state index in [9.17, 15) is 0 Å². The van der Waals surface area contributed by atoms with E-state index in [2.05, 4.69) is 159 Å². The lowest BCUT2D eigenvalue weighted by atomic mass is 9.65. The molecule has 438 valence electrons. The van der Waals surface area contributed by atoms with E-state index in [1.54, 1.807) is 0 Å². The fraction of sp³-hybridized carbons (Fsp3) is 1.00. The molecule has 1 rings (SSSR count). The Morgan fingerprint density at radius 1 is 0.301 bits per heavy atom. The largest absolute Gasteiger partial charge is 0.0654 e. The molecule has 0 aromatic heterocycles. The molecule has 0 nitrogen and oxygen atoms in total. The van der Waals surface area contributed by atoms with Crippen molar-refractivity contribution in [1.82, 2.24) is 0 Å². The van der Waals surface area contributed by atoms with Crippen molar-refractivity contribution in [2.45, 2.75) is 333 Å². The third kappa shape index (κ3) is 29.2. The highest BCUT2D eigenvalue weighted by atomic mass is 14.5. The summed E-state index contributed by atoms with van der Waals surface area (Å²) in [7, 11) is 0. The Morgan fingerprint density at radius 2 is 0.712 bits per heavy atom. The molecular weight excluding hydrogens is 877 g/mol. The average molecular weight is 1020 g/mol. The Morgan fingerprint density at radius 3 is 1.22 bits per heavy atom. The summed E-state index contributed by atoms with van der Waals surface area (Å²) in [6.45, 7) is 59.0. The van der Waals surface area contributed by atoms with Gasteiger partial charge in [0.2, 0.25) is 0 Å². The fourth-order valence-electron chi connectivity index (χ4n) is 15.9. The summed E-state index contributed by atoms with van der Waals surface area (Å²) in [6, 6.07) is 0. The van der Waals surface area contributed by atoms with Gasteiger partial charge in [0.25, 0.3) is 0 Å². The van der Waals surface area contributed by atoms with Gasteiger partial charge in [0, 0.05) is 0 Å². The molecule has 0 aromatic rings. The van der Waals surface area contributed by atoms with Crippen molar-refractivity contribution in [3.05, 3.63) is 0 Å². The lowest BCUT2D eigenvalue weighted by Crippen LogP contribution is -2.31. The summed E-state index contributed by atoms with van der Waals surface area (Å²) in [5.41, 5.74) is 0. The highest BCUT2D eigenvalue weighted by molar-refractivity contribution is 4.90. The maximum Gasteiger partial charge on any atom is -0.0355 e. The van der Waals surface area contributed by atoms with Crippen LogP contribution in [0.4, 0.5) is 0 Å². The maximum atomic E-state index is 2.78. The van der Waals surface area contributed by atoms with Gasteiger partial charge in [0.1, 0.15) is 0 Å². The minimum Gasteiger partial charge on any atom is -0.0654 e. The van der Waals surface area contributed by atoms with Gasteiger partial charge < -0.3 is 0 Å². The molecule has 0 aliphatic heterocycles. The standard InChI is InChI=1S/C73H146/c1-24-26-37-57(14)59(16)45-63(20)72(55(11)12)50-65(22)73(56(13)25-2)49-62(19)68(44-43-54(9)10)47-61(18)67(39-31-28-35-52(5)6)48-64(21)70-41-33-42-71(70)66(23)69(40-32-29-36-53(7)8)46-60(17)58(15)38-30-27-34-51(3)4/h51-73H,24-50H2,1-23H3. The Kier molecular flexibility index (Phi) is 38.3. The first-order valence-corrected chi connectivity index (χ1v) is 34.3. The SMILES string of the molecule is CCCCC(C)C(C)CC(C)C(CC(C)C(CC(C)C(CCC(C)C)CC(C)C(CCCCC(C)C)CC(C)C1CCCC1C(C)C(CCCCC(C)C)CC(C)C(C)CCCCC(C)C)C(C)CC)C(C)C. The van der Waals surface area contributed by atoms with Crippen LogP contribution in [0.15, 0.2) is 0 Å². The Balaban J connectivity index is 3.42. The number of rotatable bonds is 45. The topological polar surface area (TPSA) is 0 Å². The maximum absolute atomic E-state index is 2.78. The van der Waals surface area contributed by atoms with Crippen LogP contribution in [0.25, 0.3) is 0 Å². The first-order chi connectivity index (χ1) is 34.3. The molecule has 73 heavy (non-hydrogen) atoms. The summed E-state index contributed by atoms with van der Waals surface area (Å²) in [5, 5.41) is 0. The van der Waals surface area contributed by atoms with Gasteiger partial charge in [-0.2, -0.15) is 0 Å². The third-order valence-corrected chi connectivity index (χ3v) is 22.1. The van der Waals surface area contributed by atoms with Crippen LogP contribution >= 0.6 is 0 Å². The highest BCUT2D eigenvalue weighted by Gasteiger charge is 2.40. The summed E-state index contributed by atoms with van der Waals surface area (Å²) in [6.07, 6.45) is 38.8. The van der Waals surface area contributed by atoms with Crippen molar-refractivity contribution in [3.63, 3.8) is 0 Å². The van der Waals surface area contributed by atoms with Crippen LogP contribution in [0.5, 0.6) is 0 Å². The average Bonchev–Trinajstić information content (AvgIpc) is 3.82. The number of hydrogen-bond donors (Lipinski definition) is 0. The van der Waals surface area contributed by atoms with Crippen LogP contribution in [0, 0.1) is 136 Å². The van der Waals surface area contributed by atoms with E-state index in [0.717, 1.165) is 136 Å². The molecule has 1 aliphatic carbocycles. The van der Waals surface area contributed by atoms with Gasteiger partial charge in [-0.15, -0.1) is 0 Å². The first-order valence-electron chi connectivity index (χ1n) is 34.3. The van der Waals surface area contributed by atoms with Gasteiger partial charge in [0.05, 0.1) is 0 Å². The normalized spacial score (nSPS) is 22.5. The molecule has 0 radical (unpaired) electrons. The second-order valence-electron chi connectivity index (χ2n) is 30.7. The molecule has 0 aromatic carbocycles. The van der Waals surface area contributed by atoms with Gasteiger partial charge in [-0.3, -0.25) is 0 Å². The van der Waals surface area contributed by atoms with Crippen molar-refractivity contribution >= 4 is 0 Å². The number of hydrogen-bond acceptors (Lipinski definition) is 0. The van der Waals surface area contributed by atoms with Crippen LogP contribution < -0.4 is 0 Å². The molecule has 1 fully saturated rings. The molecule has 0 amide bonds. The van der Waals surface area contributed by atoms with Crippen molar-refractivity contribution in [1.29, 1.82) is 0 Å². The summed E-state index contributed by atoms with van der Waals surface area (Å²) < 4.78 is 0. The molecule has 0 N–H and O–H groups in total. The molecule has 0 heterocycles. The summed E-state index contributed by atoms with van der Waals surface area (Å²) in [5.74, 6) is 19.4. The zero-order valence-electron chi connectivity index (χ0n) is 55.4. The second kappa shape index (κ2) is 39.4. The smallest absolute Gasteiger partial charge is 0.0355 e. The molecule has 18 atom stereocenters. The lowest BCUT2D eigenvalue weighted by Gasteiger charge is -2.40. The van der Waals surface area contributed by atoms with Crippen LogP contribution in [0.2, 0.25) is 0 Å². The van der Waals surface area contributed by atoms with Crippen molar-refractivity contribution in [3.8, 4) is 0 Å². The van der Waals surface area contributed by atoms with E-state index in [4.69, 9.17) is 0 Å². The lowest BCUT2D eigenvalue weighted by molar-refractivity contribution is 0.0976. The van der Waals surface area contributed by atoms with Gasteiger partial charge in [-0.05, 0) is 194 Å². The van der Waals surface area contributed by atoms with Gasteiger partial charge in [-0.1, -0.05) is 275 Å². The summed E-state index contributed by atoms with van der Waals surface area (Å²) >= 11 is 0. The summed E-state index contributed by atoms with van der Waals surface area (Å²) in [4.78, 5) is 0. The Hall–Kier alpha value is 0. The molecule has 18 unspecified atom stereocenters. The van der Waals surface area contributed by atoms with Crippen LogP contribution in [-0.4, -0.2) is 0 Å². The van der Waals surface area contributed by atoms with Crippen molar-refractivity contribution in [2.75, 3.05) is 0 Å². The first kappa shape index (κ1) is 71.0. The Labute approximate surface area is 466 Å². The minimum absolute atomic E-state index is 0.764.